The van der Waals surface area contributed by atoms with Crippen molar-refractivity contribution in [2.75, 3.05) is 6.54 Å². The summed E-state index contributed by atoms with van der Waals surface area (Å²) in [4.78, 5) is 3.77. The van der Waals surface area contributed by atoms with Crippen molar-refractivity contribution in [3.8, 4) is 0 Å². The number of rotatable bonds is 1. The number of pyridine rings is 1. The molecule has 0 atom stereocenters. The summed E-state index contributed by atoms with van der Waals surface area (Å²) < 4.78 is 39.9. The van der Waals surface area contributed by atoms with E-state index >= 15 is 0 Å². The topological polar surface area (TPSA) is 29.9 Å². The van der Waals surface area contributed by atoms with Gasteiger partial charge in [0.25, 0.3) is 0 Å². The van der Waals surface area contributed by atoms with Gasteiger partial charge in [0.05, 0.1) is 0 Å². The molecule has 0 radical (unpaired) electrons. The van der Waals surface area contributed by atoms with Crippen LogP contribution in [0.25, 0.3) is 16.9 Å². The molecule has 3 nitrogen and oxygen atoms in total. The number of hydrogen-bond donors (Lipinski definition) is 1. The van der Waals surface area contributed by atoms with Crippen molar-refractivity contribution < 1.29 is 13.2 Å². The minimum atomic E-state index is -4.42. The summed E-state index contributed by atoms with van der Waals surface area (Å²) in [7, 11) is 0. The highest BCUT2D eigenvalue weighted by Gasteiger charge is 2.33. The van der Waals surface area contributed by atoms with E-state index in [4.69, 9.17) is 0 Å². The van der Waals surface area contributed by atoms with Crippen molar-refractivity contribution in [1.29, 1.82) is 0 Å². The first kappa shape index (κ1) is 12.1. The van der Waals surface area contributed by atoms with Crippen LogP contribution in [0.5, 0.6) is 0 Å². The van der Waals surface area contributed by atoms with E-state index in [0.29, 0.717) is 11.0 Å². The van der Waals surface area contributed by atoms with E-state index in [0.717, 1.165) is 30.5 Å². The SMILES string of the molecule is Cc1cc2ccc(C(F)(F)F)nc2n1C1=CCCN1. The molecule has 100 valence electrons. The molecule has 0 fully saturated rings. The van der Waals surface area contributed by atoms with Crippen LogP contribution in [-0.4, -0.2) is 16.1 Å². The molecule has 2 aromatic heterocycles. The average Bonchev–Trinajstić information content (AvgIpc) is 2.92. The smallest absolute Gasteiger partial charge is 0.371 e. The van der Waals surface area contributed by atoms with Gasteiger partial charge in [-0.15, -0.1) is 0 Å². The second-order valence-corrected chi connectivity index (χ2v) is 4.53. The van der Waals surface area contributed by atoms with Crippen LogP contribution in [0.1, 0.15) is 17.8 Å². The Bertz CT molecular complexity index is 668. The number of hydrogen-bond acceptors (Lipinski definition) is 2. The maximum atomic E-state index is 12.7. The number of fused-ring (bicyclic) bond motifs is 1. The lowest BCUT2D eigenvalue weighted by atomic mass is 10.3. The van der Waals surface area contributed by atoms with Crippen LogP contribution >= 0.6 is 0 Å². The lowest BCUT2D eigenvalue weighted by Crippen LogP contribution is -2.14. The third-order valence-electron chi connectivity index (χ3n) is 3.15. The number of nitrogens with zero attached hydrogens (tertiary/aromatic N) is 2. The highest BCUT2D eigenvalue weighted by atomic mass is 19.4. The fourth-order valence-corrected chi connectivity index (χ4v) is 2.32. The van der Waals surface area contributed by atoms with Gasteiger partial charge in [-0.1, -0.05) is 0 Å². The molecule has 2 aromatic rings. The Morgan fingerprint density at radius 1 is 1.32 bits per heavy atom. The van der Waals surface area contributed by atoms with Crippen molar-refractivity contribution in [2.24, 2.45) is 0 Å². The lowest BCUT2D eigenvalue weighted by Gasteiger charge is -2.11. The number of nitrogens with one attached hydrogen (secondary N) is 1. The van der Waals surface area contributed by atoms with Crippen molar-refractivity contribution in [2.45, 2.75) is 19.5 Å². The molecule has 0 aliphatic carbocycles. The van der Waals surface area contributed by atoms with E-state index in [1.165, 1.54) is 6.07 Å². The van der Waals surface area contributed by atoms with E-state index in [9.17, 15) is 13.2 Å². The summed E-state index contributed by atoms with van der Waals surface area (Å²) in [6.45, 7) is 2.66. The van der Waals surface area contributed by atoms with Crippen molar-refractivity contribution in [1.82, 2.24) is 14.9 Å². The zero-order chi connectivity index (χ0) is 13.6. The maximum absolute atomic E-state index is 12.7. The molecule has 1 N–H and O–H groups in total. The van der Waals surface area contributed by atoms with Crippen LogP contribution in [0, 0.1) is 6.92 Å². The second kappa shape index (κ2) is 4.01. The summed E-state index contributed by atoms with van der Waals surface area (Å²) in [5.41, 5.74) is 0.341. The fourth-order valence-electron chi connectivity index (χ4n) is 2.32. The predicted octanol–water partition coefficient (Wildman–Crippen LogP) is 3.16. The molecule has 0 saturated heterocycles. The van der Waals surface area contributed by atoms with E-state index < -0.39 is 11.9 Å². The number of halogens is 3. The monoisotopic (exact) mass is 267 g/mol. The van der Waals surface area contributed by atoms with Crippen molar-refractivity contribution in [3.05, 3.63) is 35.7 Å². The minimum Gasteiger partial charge on any atom is -0.371 e. The van der Waals surface area contributed by atoms with E-state index in [1.54, 1.807) is 4.57 Å². The minimum absolute atomic E-state index is 0.341. The van der Waals surface area contributed by atoms with Crippen molar-refractivity contribution in [3.63, 3.8) is 0 Å². The molecule has 3 rings (SSSR count). The first-order chi connectivity index (χ1) is 8.97. The summed E-state index contributed by atoms with van der Waals surface area (Å²) in [6.07, 6.45) is -1.59. The number of aryl methyl sites for hydroxylation is 1. The Hall–Kier alpha value is -1.98. The maximum Gasteiger partial charge on any atom is 0.433 e. The Morgan fingerprint density at radius 3 is 2.74 bits per heavy atom. The third-order valence-corrected chi connectivity index (χ3v) is 3.15. The Labute approximate surface area is 107 Å². The van der Waals surface area contributed by atoms with Gasteiger partial charge in [-0.2, -0.15) is 13.2 Å². The van der Waals surface area contributed by atoms with Crippen LogP contribution in [0.3, 0.4) is 0 Å². The summed E-state index contributed by atoms with van der Waals surface area (Å²) >= 11 is 0. The highest BCUT2D eigenvalue weighted by Crippen LogP contribution is 2.30. The Balaban J connectivity index is 2.23. The van der Waals surface area contributed by atoms with Gasteiger partial charge in [0.2, 0.25) is 0 Å². The van der Waals surface area contributed by atoms with Crippen molar-refractivity contribution >= 4 is 16.9 Å². The van der Waals surface area contributed by atoms with Crippen LogP contribution in [0.2, 0.25) is 0 Å². The molecule has 0 unspecified atom stereocenters. The number of aromatic nitrogens is 2. The van der Waals surface area contributed by atoms with Gasteiger partial charge in [0, 0.05) is 17.6 Å². The summed E-state index contributed by atoms with van der Waals surface area (Å²) in [6, 6.07) is 4.32. The molecule has 1 aliphatic rings. The second-order valence-electron chi connectivity index (χ2n) is 4.53. The van der Waals surface area contributed by atoms with Crippen LogP contribution in [0.4, 0.5) is 13.2 Å². The molecule has 0 spiro atoms. The highest BCUT2D eigenvalue weighted by molar-refractivity contribution is 5.81. The first-order valence-electron chi connectivity index (χ1n) is 5.97. The molecule has 0 bridgehead atoms. The van der Waals surface area contributed by atoms with Crippen LogP contribution in [0.15, 0.2) is 24.3 Å². The Kier molecular flexibility index (Phi) is 2.55. The normalized spacial score (nSPS) is 15.7. The van der Waals surface area contributed by atoms with Crippen LogP contribution < -0.4 is 5.32 Å². The molecule has 19 heavy (non-hydrogen) atoms. The molecule has 6 heteroatoms. The standard InChI is InChI=1S/C13H12F3N3/c1-8-7-9-4-5-10(13(14,15)16)18-12(9)19(8)11-3-2-6-17-11/h3-5,7,17H,2,6H2,1H3. The molecule has 0 amide bonds. The molecular weight excluding hydrogens is 255 g/mol. The quantitative estimate of drug-likeness (QED) is 0.860. The van der Waals surface area contributed by atoms with E-state index in [1.807, 2.05) is 19.1 Å². The summed E-state index contributed by atoms with van der Waals surface area (Å²) in [5.74, 6) is 0.805. The summed E-state index contributed by atoms with van der Waals surface area (Å²) in [5, 5.41) is 3.86. The van der Waals surface area contributed by atoms with Crippen LogP contribution in [-0.2, 0) is 6.18 Å². The molecule has 0 aromatic carbocycles. The third kappa shape index (κ3) is 1.97. The van der Waals surface area contributed by atoms with Gasteiger partial charge in [0.15, 0.2) is 0 Å². The van der Waals surface area contributed by atoms with E-state index in [-0.39, 0.29) is 0 Å². The van der Waals surface area contributed by atoms with E-state index in [2.05, 4.69) is 10.3 Å². The van der Waals surface area contributed by atoms with Gasteiger partial charge >= 0.3 is 6.18 Å². The molecule has 0 saturated carbocycles. The van der Waals surface area contributed by atoms with Gasteiger partial charge in [-0.05, 0) is 37.6 Å². The zero-order valence-electron chi connectivity index (χ0n) is 10.3. The molecule has 1 aliphatic heterocycles. The predicted molar refractivity (Wildman–Crippen MR) is 66.4 cm³/mol. The molecular formula is C13H12F3N3. The van der Waals surface area contributed by atoms with Gasteiger partial charge in [-0.3, -0.25) is 4.57 Å². The Morgan fingerprint density at radius 2 is 2.11 bits per heavy atom. The lowest BCUT2D eigenvalue weighted by molar-refractivity contribution is -0.141. The van der Waals surface area contributed by atoms with Gasteiger partial charge < -0.3 is 5.32 Å². The van der Waals surface area contributed by atoms with Gasteiger partial charge in [0.1, 0.15) is 17.2 Å². The first-order valence-corrected chi connectivity index (χ1v) is 5.97. The van der Waals surface area contributed by atoms with Gasteiger partial charge in [-0.25, -0.2) is 4.98 Å². The zero-order valence-corrected chi connectivity index (χ0v) is 10.3. The molecule has 3 heterocycles. The fraction of sp³-hybridized carbons (Fsp3) is 0.308. The number of alkyl halides is 3. The average molecular weight is 267 g/mol. The largest absolute Gasteiger partial charge is 0.433 e.